The van der Waals surface area contributed by atoms with Crippen LogP contribution in [0.3, 0.4) is 0 Å². The normalized spacial score (nSPS) is 22.4. The number of carbonyl (C=O) groups is 2. The summed E-state index contributed by atoms with van der Waals surface area (Å²) in [4.78, 5) is 24.4. The second-order valence-electron chi connectivity index (χ2n) is 4.90. The van der Waals surface area contributed by atoms with Gasteiger partial charge < -0.3 is 15.1 Å². The van der Waals surface area contributed by atoms with Crippen LogP contribution in [0.25, 0.3) is 10.8 Å². The number of amides is 1. The summed E-state index contributed by atoms with van der Waals surface area (Å²) in [6, 6.07) is 13.1. The molecule has 1 aliphatic heterocycles. The van der Waals surface area contributed by atoms with Crippen molar-refractivity contribution >= 4 is 28.3 Å². The molecule has 1 aliphatic rings. The van der Waals surface area contributed by atoms with Crippen molar-refractivity contribution in [1.29, 1.82) is 0 Å². The van der Waals surface area contributed by atoms with Crippen molar-refractivity contribution in [3.63, 3.8) is 0 Å². The van der Waals surface area contributed by atoms with Gasteiger partial charge in [-0.05, 0) is 22.9 Å². The van der Waals surface area contributed by atoms with Crippen molar-refractivity contribution in [3.05, 3.63) is 42.5 Å². The summed E-state index contributed by atoms with van der Waals surface area (Å²) in [5.74, 6) is -2.27. The number of aliphatic hydroxyl groups is 1. The molecule has 0 saturated carbocycles. The van der Waals surface area contributed by atoms with Gasteiger partial charge in [-0.3, -0.25) is 4.79 Å². The lowest BCUT2D eigenvalue weighted by atomic mass is 10.0. The zero-order valence-electron chi connectivity index (χ0n) is 10.6. The summed E-state index contributed by atoms with van der Waals surface area (Å²) < 4.78 is 0. The molecule has 5 nitrogen and oxygen atoms in total. The minimum absolute atomic E-state index is 0.103. The van der Waals surface area contributed by atoms with Crippen LogP contribution >= 0.6 is 0 Å². The van der Waals surface area contributed by atoms with E-state index in [9.17, 15) is 14.7 Å². The van der Waals surface area contributed by atoms with Gasteiger partial charge in [0.1, 0.15) is 0 Å². The molecule has 1 fully saturated rings. The van der Waals surface area contributed by atoms with E-state index in [2.05, 4.69) is 0 Å². The summed E-state index contributed by atoms with van der Waals surface area (Å²) in [5, 5.41) is 20.9. The van der Waals surface area contributed by atoms with Crippen LogP contribution in [0.15, 0.2) is 42.5 Å². The molecule has 0 aliphatic carbocycles. The number of hydrogen-bond acceptors (Lipinski definition) is 3. The fourth-order valence-electron chi connectivity index (χ4n) is 2.49. The van der Waals surface area contributed by atoms with E-state index in [0.717, 1.165) is 10.8 Å². The van der Waals surface area contributed by atoms with E-state index in [0.29, 0.717) is 5.69 Å². The van der Waals surface area contributed by atoms with Crippen molar-refractivity contribution in [1.82, 2.24) is 0 Å². The number of fused-ring (bicyclic) bond motifs is 1. The predicted molar refractivity (Wildman–Crippen MR) is 73.5 cm³/mol. The maximum Gasteiger partial charge on any atom is 0.345 e. The Balaban J connectivity index is 2.00. The largest absolute Gasteiger partial charge is 0.479 e. The first-order chi connectivity index (χ1) is 9.52. The third-order valence-electron chi connectivity index (χ3n) is 3.69. The Bertz CT molecular complexity index is 712. The second kappa shape index (κ2) is 4.31. The van der Waals surface area contributed by atoms with Gasteiger partial charge in [-0.25, -0.2) is 4.79 Å². The Labute approximate surface area is 115 Å². The van der Waals surface area contributed by atoms with Crippen molar-refractivity contribution in [2.45, 2.75) is 12.0 Å². The number of carbonyl (C=O) groups excluding carboxylic acids is 1. The van der Waals surface area contributed by atoms with E-state index in [1.54, 1.807) is 6.07 Å². The molecule has 20 heavy (non-hydrogen) atoms. The highest BCUT2D eigenvalue weighted by molar-refractivity contribution is 6.14. The minimum atomic E-state index is -2.30. The molecule has 2 aromatic carbocycles. The molecule has 2 N–H and O–H groups in total. The molecule has 1 saturated heterocycles. The Morgan fingerprint density at radius 3 is 2.50 bits per heavy atom. The van der Waals surface area contributed by atoms with Crippen molar-refractivity contribution < 1.29 is 19.8 Å². The van der Waals surface area contributed by atoms with Gasteiger partial charge in [0.25, 0.3) is 5.91 Å². The molecule has 0 bridgehead atoms. The molecule has 102 valence electrons. The van der Waals surface area contributed by atoms with E-state index >= 15 is 0 Å². The highest BCUT2D eigenvalue weighted by Crippen LogP contribution is 2.30. The van der Waals surface area contributed by atoms with Crippen LogP contribution in [-0.2, 0) is 9.59 Å². The standard InChI is InChI=1S/C15H13NO4/c17-13-15(20,14(18)19)7-8-16(13)12-6-5-10-3-1-2-4-11(10)9-12/h1-6,9,20H,7-8H2,(H,18,19)/t15-/m1/s1. The highest BCUT2D eigenvalue weighted by atomic mass is 16.4. The third-order valence-corrected chi connectivity index (χ3v) is 3.69. The molecule has 0 spiro atoms. The third kappa shape index (κ3) is 1.75. The zero-order chi connectivity index (χ0) is 14.3. The van der Waals surface area contributed by atoms with Gasteiger partial charge in [0.05, 0.1) is 0 Å². The average molecular weight is 271 g/mol. The fourth-order valence-corrected chi connectivity index (χ4v) is 2.49. The van der Waals surface area contributed by atoms with Crippen molar-refractivity contribution in [3.8, 4) is 0 Å². The van der Waals surface area contributed by atoms with Gasteiger partial charge in [-0.2, -0.15) is 0 Å². The van der Waals surface area contributed by atoms with E-state index in [1.807, 2.05) is 36.4 Å². The molecular weight excluding hydrogens is 258 g/mol. The maximum atomic E-state index is 12.1. The Morgan fingerprint density at radius 1 is 1.15 bits per heavy atom. The molecular formula is C15H13NO4. The molecule has 1 amide bonds. The number of rotatable bonds is 2. The maximum absolute atomic E-state index is 12.1. The summed E-state index contributed by atoms with van der Waals surface area (Å²) in [6.07, 6.45) is -0.103. The number of carboxylic acids is 1. The van der Waals surface area contributed by atoms with Gasteiger partial charge in [0.15, 0.2) is 0 Å². The average Bonchev–Trinajstić information content (AvgIpc) is 2.76. The summed E-state index contributed by atoms with van der Waals surface area (Å²) in [6.45, 7) is 0.194. The van der Waals surface area contributed by atoms with Crippen LogP contribution in [0, 0.1) is 0 Å². The number of nitrogens with zero attached hydrogens (tertiary/aromatic N) is 1. The molecule has 3 rings (SSSR count). The number of anilines is 1. The first kappa shape index (κ1) is 12.6. The van der Waals surface area contributed by atoms with Crippen LogP contribution in [0.1, 0.15) is 6.42 Å². The molecule has 1 atom stereocenters. The van der Waals surface area contributed by atoms with Crippen LogP contribution in [-0.4, -0.2) is 34.2 Å². The Hall–Kier alpha value is -2.40. The minimum Gasteiger partial charge on any atom is -0.479 e. The molecule has 0 radical (unpaired) electrons. The van der Waals surface area contributed by atoms with Crippen LogP contribution < -0.4 is 4.90 Å². The first-order valence-corrected chi connectivity index (χ1v) is 6.29. The molecule has 0 aromatic heterocycles. The monoisotopic (exact) mass is 271 g/mol. The second-order valence-corrected chi connectivity index (χ2v) is 4.90. The molecule has 1 heterocycles. The number of benzene rings is 2. The lowest BCUT2D eigenvalue weighted by Crippen LogP contribution is -2.46. The Morgan fingerprint density at radius 2 is 1.85 bits per heavy atom. The quantitative estimate of drug-likeness (QED) is 0.809. The molecule has 5 heteroatoms. The van der Waals surface area contributed by atoms with Gasteiger partial charge >= 0.3 is 5.97 Å². The topological polar surface area (TPSA) is 77.8 Å². The molecule has 0 unspecified atom stereocenters. The van der Waals surface area contributed by atoms with E-state index in [4.69, 9.17) is 5.11 Å². The van der Waals surface area contributed by atoms with Crippen LogP contribution in [0.4, 0.5) is 5.69 Å². The van der Waals surface area contributed by atoms with Crippen molar-refractivity contribution in [2.75, 3.05) is 11.4 Å². The van der Waals surface area contributed by atoms with Gasteiger partial charge in [0.2, 0.25) is 5.60 Å². The predicted octanol–water partition coefficient (Wildman–Crippen LogP) is 1.39. The SMILES string of the molecule is O=C(O)[C@@]1(O)CCN(c2ccc3ccccc3c2)C1=O. The van der Waals surface area contributed by atoms with Gasteiger partial charge in [0, 0.05) is 18.7 Å². The summed E-state index contributed by atoms with van der Waals surface area (Å²) in [7, 11) is 0. The Kier molecular flexibility index (Phi) is 2.72. The number of hydrogen-bond donors (Lipinski definition) is 2. The lowest BCUT2D eigenvalue weighted by molar-refractivity contribution is -0.162. The zero-order valence-corrected chi connectivity index (χ0v) is 10.6. The number of carboxylic acid groups (broad SMARTS) is 1. The van der Waals surface area contributed by atoms with Crippen LogP contribution in [0.5, 0.6) is 0 Å². The fraction of sp³-hybridized carbons (Fsp3) is 0.200. The van der Waals surface area contributed by atoms with E-state index < -0.39 is 17.5 Å². The first-order valence-electron chi connectivity index (χ1n) is 6.29. The summed E-state index contributed by atoms with van der Waals surface area (Å²) >= 11 is 0. The van der Waals surface area contributed by atoms with Crippen molar-refractivity contribution in [2.24, 2.45) is 0 Å². The lowest BCUT2D eigenvalue weighted by Gasteiger charge is -2.19. The summed E-state index contributed by atoms with van der Waals surface area (Å²) in [5.41, 5.74) is -1.70. The highest BCUT2D eigenvalue weighted by Gasteiger charge is 2.52. The number of aliphatic carboxylic acids is 1. The van der Waals surface area contributed by atoms with E-state index in [1.165, 1.54) is 4.90 Å². The van der Waals surface area contributed by atoms with Crippen LogP contribution in [0.2, 0.25) is 0 Å². The molecule has 2 aromatic rings. The van der Waals surface area contributed by atoms with E-state index in [-0.39, 0.29) is 13.0 Å². The van der Waals surface area contributed by atoms with Gasteiger partial charge in [-0.1, -0.05) is 30.3 Å². The van der Waals surface area contributed by atoms with Gasteiger partial charge in [-0.15, -0.1) is 0 Å². The smallest absolute Gasteiger partial charge is 0.345 e.